The topological polar surface area (TPSA) is 92.2 Å². The van der Waals surface area contributed by atoms with E-state index in [1.807, 2.05) is 49.4 Å². The largest absolute Gasteiger partial charge is 0.333 e. The molecule has 4 heterocycles. The van der Waals surface area contributed by atoms with Gasteiger partial charge in [-0.2, -0.15) is 5.10 Å². The van der Waals surface area contributed by atoms with Crippen molar-refractivity contribution >= 4 is 35.0 Å². The number of aryl methyl sites for hydroxylation is 1. The lowest BCUT2D eigenvalue weighted by Gasteiger charge is -2.39. The van der Waals surface area contributed by atoms with Gasteiger partial charge in [0.15, 0.2) is 0 Å². The molecular formula is C35H39ClN6O2. The highest BCUT2D eigenvalue weighted by molar-refractivity contribution is 6.32. The molecule has 2 atom stereocenters. The molecule has 2 unspecified atom stereocenters. The van der Waals surface area contributed by atoms with Gasteiger partial charge >= 0.3 is 6.03 Å². The van der Waals surface area contributed by atoms with Gasteiger partial charge in [-0.3, -0.25) is 10.1 Å². The van der Waals surface area contributed by atoms with Gasteiger partial charge in [0, 0.05) is 35.4 Å². The van der Waals surface area contributed by atoms with Crippen LogP contribution in [0.2, 0.25) is 5.15 Å². The molecular weight excluding hydrogens is 572 g/mol. The third-order valence-electron chi connectivity index (χ3n) is 8.79. The van der Waals surface area contributed by atoms with Crippen LogP contribution in [0.5, 0.6) is 0 Å². The summed E-state index contributed by atoms with van der Waals surface area (Å²) in [6.07, 6.45) is 6.57. The molecule has 2 aliphatic rings. The first-order chi connectivity index (χ1) is 21.0. The average Bonchev–Trinajstić information content (AvgIpc) is 3.53. The third-order valence-corrected chi connectivity index (χ3v) is 9.09. The molecule has 228 valence electrons. The first-order valence-electron chi connectivity index (χ1n) is 15.3. The predicted molar refractivity (Wildman–Crippen MR) is 175 cm³/mol. The van der Waals surface area contributed by atoms with Gasteiger partial charge in [0.25, 0.3) is 5.91 Å². The van der Waals surface area contributed by atoms with Gasteiger partial charge < -0.3 is 10.2 Å². The van der Waals surface area contributed by atoms with Crippen LogP contribution in [0.15, 0.2) is 72.9 Å². The van der Waals surface area contributed by atoms with Crippen molar-refractivity contribution < 1.29 is 9.59 Å². The fourth-order valence-electron chi connectivity index (χ4n) is 6.53. The molecule has 9 heteroatoms. The van der Waals surface area contributed by atoms with E-state index in [0.29, 0.717) is 17.3 Å². The van der Waals surface area contributed by atoms with E-state index < -0.39 is 0 Å². The highest BCUT2D eigenvalue weighted by Crippen LogP contribution is 2.41. The summed E-state index contributed by atoms with van der Waals surface area (Å²) in [5.41, 5.74) is 5.20. The Labute approximate surface area is 263 Å². The molecule has 2 fully saturated rings. The van der Waals surface area contributed by atoms with Crippen molar-refractivity contribution in [3.05, 3.63) is 100 Å². The highest BCUT2D eigenvalue weighted by Gasteiger charge is 2.43. The fraction of sp³-hybridized carbons (Fsp3) is 0.371. The Morgan fingerprint density at radius 1 is 0.955 bits per heavy atom. The van der Waals surface area contributed by atoms with Gasteiger partial charge in [-0.1, -0.05) is 62.2 Å². The summed E-state index contributed by atoms with van der Waals surface area (Å²) in [7, 11) is 0. The first-order valence-corrected chi connectivity index (χ1v) is 15.7. The maximum absolute atomic E-state index is 13.3. The smallest absolute Gasteiger partial charge is 0.324 e. The Kier molecular flexibility index (Phi) is 8.20. The van der Waals surface area contributed by atoms with Crippen molar-refractivity contribution in [3.63, 3.8) is 0 Å². The minimum absolute atomic E-state index is 0.000648. The van der Waals surface area contributed by atoms with Crippen LogP contribution >= 0.6 is 11.6 Å². The van der Waals surface area contributed by atoms with Crippen molar-refractivity contribution in [1.82, 2.24) is 19.7 Å². The van der Waals surface area contributed by atoms with E-state index in [9.17, 15) is 9.59 Å². The summed E-state index contributed by atoms with van der Waals surface area (Å²) in [5.74, 6) is 1.11. The Hall–Kier alpha value is -4.17. The van der Waals surface area contributed by atoms with Crippen molar-refractivity contribution in [3.8, 4) is 5.69 Å². The van der Waals surface area contributed by atoms with Gasteiger partial charge in [-0.15, -0.1) is 0 Å². The Morgan fingerprint density at radius 2 is 1.64 bits per heavy atom. The molecule has 2 aromatic carbocycles. The maximum atomic E-state index is 13.3. The summed E-state index contributed by atoms with van der Waals surface area (Å²) < 4.78 is 1.78. The van der Waals surface area contributed by atoms with Gasteiger partial charge in [-0.25, -0.2) is 14.5 Å². The van der Waals surface area contributed by atoms with E-state index in [1.54, 1.807) is 23.0 Å². The normalized spacial score (nSPS) is 19.6. The number of carbonyl (C=O) groups excluding carboxylic acids is 2. The van der Waals surface area contributed by atoms with Crippen molar-refractivity contribution in [2.75, 3.05) is 10.6 Å². The number of nitrogens with one attached hydrogen (secondary N) is 2. The molecule has 4 aromatic rings. The maximum Gasteiger partial charge on any atom is 0.324 e. The Bertz CT molecular complexity index is 1640. The van der Waals surface area contributed by atoms with Crippen LogP contribution in [-0.4, -0.2) is 43.7 Å². The summed E-state index contributed by atoms with van der Waals surface area (Å²) in [6, 6.07) is 21.7. The van der Waals surface area contributed by atoms with Crippen LogP contribution in [0, 0.1) is 12.8 Å². The number of hydrogen-bond donors (Lipinski definition) is 2. The van der Waals surface area contributed by atoms with Crippen molar-refractivity contribution in [2.24, 2.45) is 5.92 Å². The second-order valence-corrected chi connectivity index (χ2v) is 13.5. The monoisotopic (exact) mass is 610 g/mol. The molecule has 2 saturated heterocycles. The number of carbonyl (C=O) groups is 2. The molecule has 44 heavy (non-hydrogen) atoms. The van der Waals surface area contributed by atoms with Crippen molar-refractivity contribution in [2.45, 2.75) is 77.3 Å². The van der Waals surface area contributed by atoms with Gasteiger partial charge in [0.1, 0.15) is 11.0 Å². The molecule has 6 rings (SSSR count). The molecule has 0 saturated carbocycles. The van der Waals surface area contributed by atoms with Crippen LogP contribution in [0.25, 0.3) is 5.69 Å². The number of nitrogens with zero attached hydrogens (tertiary/aromatic N) is 4. The van der Waals surface area contributed by atoms with E-state index >= 15 is 0 Å². The summed E-state index contributed by atoms with van der Waals surface area (Å²) in [6.45, 7) is 8.35. The Morgan fingerprint density at radius 3 is 2.27 bits per heavy atom. The minimum Gasteiger partial charge on any atom is -0.333 e. The van der Waals surface area contributed by atoms with Crippen molar-refractivity contribution in [1.29, 1.82) is 0 Å². The lowest BCUT2D eigenvalue weighted by Crippen LogP contribution is -2.47. The number of hydrogen-bond acceptors (Lipinski definition) is 4. The van der Waals surface area contributed by atoms with Gasteiger partial charge in [0.2, 0.25) is 0 Å². The minimum atomic E-state index is -0.325. The summed E-state index contributed by atoms with van der Waals surface area (Å²) in [4.78, 5) is 32.5. The predicted octanol–water partition coefficient (Wildman–Crippen LogP) is 7.80. The van der Waals surface area contributed by atoms with Gasteiger partial charge in [-0.05, 0) is 86.9 Å². The molecule has 2 aliphatic heterocycles. The van der Waals surface area contributed by atoms with E-state index in [0.717, 1.165) is 54.7 Å². The standard InChI is InChI=1S/C35H39ClN6O2/c1-22-7-13-26(14-8-22)42-31(21-30(40-42)35(2,3)4)39-34(44)38-25-11-9-23(10-12-25)18-24-19-27-15-16-28(20-24)41(27)33(43)29-6-5-17-37-32(29)36/h5-14,17,21,24,27-28H,15-16,18-20H2,1-4H3,(H2,38,39,44). The lowest BCUT2D eigenvalue weighted by molar-refractivity contribution is 0.0524. The summed E-state index contributed by atoms with van der Waals surface area (Å²) >= 11 is 6.24. The van der Waals surface area contributed by atoms with E-state index in [2.05, 4.69) is 53.4 Å². The molecule has 2 aromatic heterocycles. The van der Waals surface area contributed by atoms with Crippen LogP contribution in [0.3, 0.4) is 0 Å². The number of piperidine rings is 1. The molecule has 3 amide bonds. The third kappa shape index (κ3) is 6.36. The molecule has 0 spiro atoms. The number of urea groups is 1. The Balaban J connectivity index is 1.07. The van der Waals surface area contributed by atoms with Crippen LogP contribution in [0.4, 0.5) is 16.3 Å². The molecule has 2 N–H and O–H groups in total. The van der Waals surface area contributed by atoms with Crippen LogP contribution < -0.4 is 10.6 Å². The fourth-order valence-corrected chi connectivity index (χ4v) is 6.73. The second kappa shape index (κ2) is 12.1. The van der Waals surface area contributed by atoms with E-state index in [-0.39, 0.29) is 34.6 Å². The number of rotatable bonds is 6. The number of halogens is 1. The quantitative estimate of drug-likeness (QED) is 0.218. The zero-order chi connectivity index (χ0) is 31.0. The number of pyridine rings is 1. The van der Waals surface area contributed by atoms with Crippen LogP contribution in [0.1, 0.15) is 73.6 Å². The highest BCUT2D eigenvalue weighted by atomic mass is 35.5. The molecule has 2 bridgehead atoms. The second-order valence-electron chi connectivity index (χ2n) is 13.2. The lowest BCUT2D eigenvalue weighted by atomic mass is 9.85. The number of fused-ring (bicyclic) bond motifs is 2. The molecule has 0 radical (unpaired) electrons. The summed E-state index contributed by atoms with van der Waals surface area (Å²) in [5, 5.41) is 11.0. The number of anilines is 2. The number of aromatic nitrogens is 3. The molecule has 8 nitrogen and oxygen atoms in total. The first kappa shape index (κ1) is 29.9. The van der Waals surface area contributed by atoms with Crippen LogP contribution in [-0.2, 0) is 11.8 Å². The van der Waals surface area contributed by atoms with Gasteiger partial charge in [0.05, 0.1) is 16.9 Å². The average molecular weight is 611 g/mol. The number of benzene rings is 2. The SMILES string of the molecule is Cc1ccc(-n2nc(C(C)(C)C)cc2NC(=O)Nc2ccc(CC3CC4CCC(C3)N4C(=O)c3cccnc3Cl)cc2)cc1. The molecule has 0 aliphatic carbocycles. The zero-order valence-corrected chi connectivity index (χ0v) is 26.4. The zero-order valence-electron chi connectivity index (χ0n) is 25.7. The number of amides is 3. The van der Waals surface area contributed by atoms with E-state index in [1.165, 1.54) is 5.56 Å². The van der Waals surface area contributed by atoms with E-state index in [4.69, 9.17) is 16.7 Å².